The van der Waals surface area contributed by atoms with Gasteiger partial charge >= 0.3 is 0 Å². The van der Waals surface area contributed by atoms with Crippen molar-refractivity contribution in [2.24, 2.45) is 5.92 Å². The van der Waals surface area contributed by atoms with Crippen molar-refractivity contribution in [2.75, 3.05) is 6.54 Å². The van der Waals surface area contributed by atoms with E-state index in [0.29, 0.717) is 16.9 Å². The van der Waals surface area contributed by atoms with Gasteiger partial charge in [0, 0.05) is 15.8 Å². The summed E-state index contributed by atoms with van der Waals surface area (Å²) in [4.78, 5) is 0.420. The molecule has 1 unspecified atom stereocenters. The van der Waals surface area contributed by atoms with Crippen molar-refractivity contribution >= 4 is 41.9 Å². The molecule has 3 nitrogen and oxygen atoms in total. The van der Waals surface area contributed by atoms with E-state index < -0.39 is 10.0 Å². The fourth-order valence-corrected chi connectivity index (χ4v) is 4.74. The smallest absolute Gasteiger partial charge is 0.210 e. The van der Waals surface area contributed by atoms with Gasteiger partial charge in [-0.15, -0.1) is 0 Å². The third-order valence-electron chi connectivity index (χ3n) is 2.35. The van der Waals surface area contributed by atoms with Gasteiger partial charge in [0.15, 0.2) is 0 Å². The molecule has 0 aliphatic heterocycles. The molecule has 0 saturated heterocycles. The number of hydrogen-bond donors (Lipinski definition) is 1. The van der Waals surface area contributed by atoms with Gasteiger partial charge in [-0.2, -0.15) is 0 Å². The molecule has 0 heterocycles. The van der Waals surface area contributed by atoms with E-state index in [1.165, 1.54) is 0 Å². The second-order valence-corrected chi connectivity index (χ2v) is 8.39. The minimum absolute atomic E-state index is 0.148. The molecule has 1 rings (SSSR count). The van der Waals surface area contributed by atoms with Crippen LogP contribution in [-0.4, -0.2) is 19.8 Å². The van der Waals surface area contributed by atoms with Crippen LogP contribution in [0.15, 0.2) is 33.6 Å². The minimum atomic E-state index is -3.45. The standard InChI is InChI=1S/C12H17Br2NO2S/c1-9(2)7-10(13)8-15-18(16,17)12-6-4-3-5-11(12)14/h3-6,9-10,15H,7-8H2,1-2H3. The molecule has 0 aliphatic rings. The highest BCUT2D eigenvalue weighted by Gasteiger charge is 2.18. The zero-order valence-corrected chi connectivity index (χ0v) is 14.3. The van der Waals surface area contributed by atoms with Gasteiger partial charge in [-0.05, 0) is 40.4 Å². The van der Waals surface area contributed by atoms with Gasteiger partial charge in [0.05, 0.1) is 4.90 Å². The van der Waals surface area contributed by atoms with Crippen LogP contribution in [-0.2, 0) is 10.0 Å². The van der Waals surface area contributed by atoms with Crippen LogP contribution >= 0.6 is 31.9 Å². The van der Waals surface area contributed by atoms with Crippen LogP contribution in [0.4, 0.5) is 0 Å². The largest absolute Gasteiger partial charge is 0.241 e. The lowest BCUT2D eigenvalue weighted by Crippen LogP contribution is -2.30. The average molecular weight is 399 g/mol. The Hall–Kier alpha value is 0.0900. The van der Waals surface area contributed by atoms with Crippen LogP contribution in [0.3, 0.4) is 0 Å². The number of benzene rings is 1. The van der Waals surface area contributed by atoms with E-state index in [-0.39, 0.29) is 9.72 Å². The number of rotatable bonds is 6. The molecule has 0 radical (unpaired) electrons. The lowest BCUT2D eigenvalue weighted by molar-refractivity contribution is 0.551. The average Bonchev–Trinajstić information content (AvgIpc) is 2.26. The third-order valence-corrected chi connectivity index (χ3v) is 5.48. The Kier molecular flexibility index (Phi) is 6.30. The maximum absolute atomic E-state index is 12.1. The number of sulfonamides is 1. The normalized spacial score (nSPS) is 13.8. The van der Waals surface area contributed by atoms with Crippen LogP contribution in [0, 0.1) is 5.92 Å². The van der Waals surface area contributed by atoms with E-state index in [0.717, 1.165) is 6.42 Å². The molecule has 18 heavy (non-hydrogen) atoms. The van der Waals surface area contributed by atoms with Crippen molar-refractivity contribution in [3.05, 3.63) is 28.7 Å². The lowest BCUT2D eigenvalue weighted by atomic mass is 10.1. The van der Waals surface area contributed by atoms with Crippen molar-refractivity contribution in [1.29, 1.82) is 0 Å². The summed E-state index contributed by atoms with van der Waals surface area (Å²) in [5.41, 5.74) is 0. The Bertz CT molecular complexity index is 489. The number of halogens is 2. The Morgan fingerprint density at radius 1 is 1.28 bits per heavy atom. The highest BCUT2D eigenvalue weighted by Crippen LogP contribution is 2.21. The summed E-state index contributed by atoms with van der Waals surface area (Å²) < 4.78 is 27.4. The van der Waals surface area contributed by atoms with Crippen LogP contribution in [0.25, 0.3) is 0 Å². The van der Waals surface area contributed by atoms with Crippen LogP contribution in [0.1, 0.15) is 20.3 Å². The molecule has 0 aromatic heterocycles. The molecule has 0 aliphatic carbocycles. The molecule has 1 atom stereocenters. The fraction of sp³-hybridized carbons (Fsp3) is 0.500. The summed E-state index contributed by atoms with van der Waals surface area (Å²) in [5.74, 6) is 0.530. The molecule has 102 valence electrons. The summed E-state index contributed by atoms with van der Waals surface area (Å²) in [7, 11) is -3.45. The summed E-state index contributed by atoms with van der Waals surface area (Å²) >= 11 is 6.73. The summed E-state index contributed by atoms with van der Waals surface area (Å²) in [5, 5.41) is 0. The van der Waals surface area contributed by atoms with E-state index in [1.54, 1.807) is 24.3 Å². The maximum Gasteiger partial charge on any atom is 0.241 e. The quantitative estimate of drug-likeness (QED) is 0.745. The zero-order chi connectivity index (χ0) is 13.8. The first-order valence-electron chi connectivity index (χ1n) is 5.71. The molecule has 0 amide bonds. The van der Waals surface area contributed by atoms with E-state index in [4.69, 9.17) is 0 Å². The predicted octanol–water partition coefficient (Wildman–Crippen LogP) is 3.54. The predicted molar refractivity (Wildman–Crippen MR) is 81.5 cm³/mol. The highest BCUT2D eigenvalue weighted by molar-refractivity contribution is 9.10. The van der Waals surface area contributed by atoms with Gasteiger partial charge < -0.3 is 0 Å². The Morgan fingerprint density at radius 2 is 1.89 bits per heavy atom. The lowest BCUT2D eigenvalue weighted by Gasteiger charge is -2.14. The molecule has 1 aromatic rings. The molecule has 0 saturated carbocycles. The minimum Gasteiger partial charge on any atom is -0.210 e. The Labute approximate surface area is 126 Å². The van der Waals surface area contributed by atoms with Gasteiger partial charge in [0.1, 0.15) is 0 Å². The van der Waals surface area contributed by atoms with Crippen molar-refractivity contribution < 1.29 is 8.42 Å². The van der Waals surface area contributed by atoms with E-state index in [9.17, 15) is 8.42 Å². The second-order valence-electron chi connectivity index (χ2n) is 4.51. The topological polar surface area (TPSA) is 46.2 Å². The van der Waals surface area contributed by atoms with E-state index >= 15 is 0 Å². The summed E-state index contributed by atoms with van der Waals surface area (Å²) in [6.07, 6.45) is 0.929. The molecule has 0 bridgehead atoms. The fourth-order valence-electron chi connectivity index (χ4n) is 1.54. The monoisotopic (exact) mass is 397 g/mol. The molecular weight excluding hydrogens is 382 g/mol. The Morgan fingerprint density at radius 3 is 2.44 bits per heavy atom. The first-order valence-corrected chi connectivity index (χ1v) is 8.90. The second kappa shape index (κ2) is 7.03. The molecule has 1 N–H and O–H groups in total. The van der Waals surface area contributed by atoms with Crippen molar-refractivity contribution in [3.63, 3.8) is 0 Å². The van der Waals surface area contributed by atoms with Crippen molar-refractivity contribution in [2.45, 2.75) is 30.0 Å². The SMILES string of the molecule is CC(C)CC(Br)CNS(=O)(=O)c1ccccc1Br. The van der Waals surface area contributed by atoms with Crippen LogP contribution in [0.5, 0.6) is 0 Å². The van der Waals surface area contributed by atoms with Gasteiger partial charge in [0.25, 0.3) is 0 Å². The molecule has 0 fully saturated rings. The van der Waals surface area contributed by atoms with Crippen molar-refractivity contribution in [3.8, 4) is 0 Å². The maximum atomic E-state index is 12.1. The van der Waals surface area contributed by atoms with Crippen molar-refractivity contribution in [1.82, 2.24) is 4.72 Å². The molecule has 0 spiro atoms. The first-order chi connectivity index (χ1) is 8.33. The van der Waals surface area contributed by atoms with Gasteiger partial charge in [0.2, 0.25) is 10.0 Å². The Balaban J connectivity index is 2.69. The number of nitrogens with one attached hydrogen (secondary N) is 1. The summed E-state index contributed by atoms with van der Waals surface area (Å²) in [6.45, 7) is 4.61. The number of hydrogen-bond acceptors (Lipinski definition) is 2. The molecular formula is C12H17Br2NO2S. The molecule has 6 heteroatoms. The van der Waals surface area contributed by atoms with Gasteiger partial charge in [-0.25, -0.2) is 13.1 Å². The van der Waals surface area contributed by atoms with E-state index in [2.05, 4.69) is 50.4 Å². The highest BCUT2D eigenvalue weighted by atomic mass is 79.9. The van der Waals surface area contributed by atoms with Gasteiger partial charge in [-0.3, -0.25) is 0 Å². The number of alkyl halides is 1. The van der Waals surface area contributed by atoms with E-state index in [1.807, 2.05) is 0 Å². The third kappa shape index (κ3) is 4.99. The summed E-state index contributed by atoms with van der Waals surface area (Å²) in [6, 6.07) is 6.79. The molecule has 1 aromatic carbocycles. The van der Waals surface area contributed by atoms with Crippen LogP contribution < -0.4 is 4.72 Å². The van der Waals surface area contributed by atoms with Gasteiger partial charge in [-0.1, -0.05) is 41.9 Å². The van der Waals surface area contributed by atoms with Crippen LogP contribution in [0.2, 0.25) is 0 Å². The zero-order valence-electron chi connectivity index (χ0n) is 10.4. The first kappa shape index (κ1) is 16.1.